The van der Waals surface area contributed by atoms with E-state index in [1.54, 1.807) is 29.8 Å². The molecule has 1 aliphatic heterocycles. The second-order valence-corrected chi connectivity index (χ2v) is 6.47. The van der Waals surface area contributed by atoms with E-state index in [1.165, 1.54) is 0 Å². The van der Waals surface area contributed by atoms with Crippen LogP contribution in [0.5, 0.6) is 0 Å². The van der Waals surface area contributed by atoms with E-state index in [0.717, 1.165) is 22.7 Å². The van der Waals surface area contributed by atoms with Gasteiger partial charge < -0.3 is 15.5 Å². The number of pyridine rings is 1. The van der Waals surface area contributed by atoms with Crippen molar-refractivity contribution in [3.63, 3.8) is 0 Å². The van der Waals surface area contributed by atoms with Crippen LogP contribution < -0.4 is 10.6 Å². The SMILES string of the molecule is Nc1ncc(Br)cc1C(=O)N1CCN(c2nccs2)CC1. The highest BCUT2D eigenvalue weighted by Crippen LogP contribution is 2.21. The molecule has 0 spiro atoms. The summed E-state index contributed by atoms with van der Waals surface area (Å²) in [4.78, 5) is 24.8. The third-order valence-electron chi connectivity index (χ3n) is 3.37. The number of halogens is 1. The summed E-state index contributed by atoms with van der Waals surface area (Å²) in [5, 5.41) is 2.96. The van der Waals surface area contributed by atoms with Gasteiger partial charge in [-0.1, -0.05) is 0 Å². The van der Waals surface area contributed by atoms with Crippen LogP contribution >= 0.6 is 27.3 Å². The largest absolute Gasteiger partial charge is 0.383 e. The van der Waals surface area contributed by atoms with E-state index in [-0.39, 0.29) is 11.7 Å². The number of carbonyl (C=O) groups is 1. The molecule has 0 atom stereocenters. The lowest BCUT2D eigenvalue weighted by Crippen LogP contribution is -2.49. The molecule has 2 N–H and O–H groups in total. The molecule has 1 saturated heterocycles. The van der Waals surface area contributed by atoms with Gasteiger partial charge in [-0.05, 0) is 22.0 Å². The standard InChI is InChI=1S/C13H14BrN5OS/c14-9-7-10(11(15)17-8-9)12(20)18-2-4-19(5-3-18)13-16-1-6-21-13/h1,6-8H,2-5H2,(H2,15,17). The van der Waals surface area contributed by atoms with Crippen molar-refractivity contribution in [2.75, 3.05) is 36.8 Å². The molecule has 1 fully saturated rings. The summed E-state index contributed by atoms with van der Waals surface area (Å²) < 4.78 is 0.751. The fourth-order valence-corrected chi connectivity index (χ4v) is 3.29. The average molecular weight is 368 g/mol. The van der Waals surface area contributed by atoms with Crippen molar-refractivity contribution in [2.24, 2.45) is 0 Å². The Kier molecular flexibility index (Phi) is 4.07. The summed E-state index contributed by atoms with van der Waals surface area (Å²) in [5.41, 5.74) is 6.25. The maximum absolute atomic E-state index is 12.5. The molecule has 0 unspecified atom stereocenters. The first-order valence-electron chi connectivity index (χ1n) is 6.50. The lowest BCUT2D eigenvalue weighted by Gasteiger charge is -2.34. The van der Waals surface area contributed by atoms with Crippen LogP contribution in [-0.4, -0.2) is 47.0 Å². The van der Waals surface area contributed by atoms with E-state index in [9.17, 15) is 4.79 Å². The number of carbonyl (C=O) groups excluding carboxylic acids is 1. The van der Waals surface area contributed by atoms with Gasteiger partial charge >= 0.3 is 0 Å². The number of thiazole rings is 1. The Morgan fingerprint density at radius 1 is 1.29 bits per heavy atom. The summed E-state index contributed by atoms with van der Waals surface area (Å²) in [6.45, 7) is 2.87. The fraction of sp³-hybridized carbons (Fsp3) is 0.308. The van der Waals surface area contributed by atoms with Crippen LogP contribution in [0.4, 0.5) is 10.9 Å². The Balaban J connectivity index is 1.69. The zero-order valence-electron chi connectivity index (χ0n) is 11.2. The van der Waals surface area contributed by atoms with E-state index in [1.807, 2.05) is 10.3 Å². The molecule has 1 amide bonds. The smallest absolute Gasteiger partial charge is 0.257 e. The predicted octanol–water partition coefficient (Wildman–Crippen LogP) is 1.85. The van der Waals surface area contributed by atoms with Gasteiger partial charge in [0, 0.05) is 48.4 Å². The molecule has 1 aliphatic rings. The van der Waals surface area contributed by atoms with Crippen LogP contribution in [-0.2, 0) is 0 Å². The lowest BCUT2D eigenvalue weighted by atomic mass is 10.2. The minimum atomic E-state index is -0.0694. The van der Waals surface area contributed by atoms with Gasteiger partial charge in [0.05, 0.1) is 5.56 Å². The fourth-order valence-electron chi connectivity index (χ4n) is 2.26. The molecular formula is C13H14BrN5OS. The highest BCUT2D eigenvalue weighted by molar-refractivity contribution is 9.10. The minimum Gasteiger partial charge on any atom is -0.383 e. The molecule has 2 aromatic rings. The lowest BCUT2D eigenvalue weighted by molar-refractivity contribution is 0.0747. The molecule has 21 heavy (non-hydrogen) atoms. The van der Waals surface area contributed by atoms with E-state index < -0.39 is 0 Å². The number of anilines is 2. The number of piperazine rings is 1. The molecule has 110 valence electrons. The average Bonchev–Trinajstić information content (AvgIpc) is 3.03. The first kappa shape index (κ1) is 14.3. The van der Waals surface area contributed by atoms with Gasteiger partial charge in [-0.3, -0.25) is 4.79 Å². The van der Waals surface area contributed by atoms with Gasteiger partial charge in [-0.2, -0.15) is 0 Å². The molecular weight excluding hydrogens is 354 g/mol. The van der Waals surface area contributed by atoms with Crippen molar-refractivity contribution in [3.05, 3.63) is 33.9 Å². The molecule has 0 aromatic carbocycles. The van der Waals surface area contributed by atoms with Gasteiger partial charge in [-0.25, -0.2) is 9.97 Å². The quantitative estimate of drug-likeness (QED) is 0.876. The van der Waals surface area contributed by atoms with Crippen LogP contribution in [0.3, 0.4) is 0 Å². The summed E-state index contributed by atoms with van der Waals surface area (Å²) in [6, 6.07) is 1.72. The maximum Gasteiger partial charge on any atom is 0.257 e. The molecule has 0 aliphatic carbocycles. The first-order valence-corrected chi connectivity index (χ1v) is 8.17. The summed E-state index contributed by atoms with van der Waals surface area (Å²) in [5.74, 6) is 0.200. The Hall–Kier alpha value is -1.67. The number of aromatic nitrogens is 2. The van der Waals surface area contributed by atoms with E-state index in [0.29, 0.717) is 18.7 Å². The molecule has 8 heteroatoms. The summed E-state index contributed by atoms with van der Waals surface area (Å²) in [6.07, 6.45) is 3.39. The Morgan fingerprint density at radius 3 is 2.71 bits per heavy atom. The van der Waals surface area contributed by atoms with Gasteiger partial charge in [-0.15, -0.1) is 11.3 Å². The Bertz CT molecular complexity index is 640. The number of hydrogen-bond acceptors (Lipinski definition) is 6. The summed E-state index contributed by atoms with van der Waals surface area (Å²) >= 11 is 4.94. The van der Waals surface area contributed by atoms with Crippen molar-refractivity contribution in [1.82, 2.24) is 14.9 Å². The third kappa shape index (κ3) is 3.01. The van der Waals surface area contributed by atoms with Crippen molar-refractivity contribution in [3.8, 4) is 0 Å². The Labute approximate surface area is 134 Å². The van der Waals surface area contributed by atoms with Gasteiger partial charge in [0.25, 0.3) is 5.91 Å². The van der Waals surface area contributed by atoms with Gasteiger partial charge in [0.2, 0.25) is 0 Å². The van der Waals surface area contributed by atoms with Crippen molar-refractivity contribution >= 4 is 44.1 Å². The Morgan fingerprint density at radius 2 is 2.05 bits per heavy atom. The molecule has 0 saturated carbocycles. The summed E-state index contributed by atoms with van der Waals surface area (Å²) in [7, 11) is 0. The zero-order chi connectivity index (χ0) is 14.8. The molecule has 3 rings (SSSR count). The maximum atomic E-state index is 12.5. The van der Waals surface area contributed by atoms with Gasteiger partial charge in [0.1, 0.15) is 5.82 Å². The number of amides is 1. The van der Waals surface area contributed by atoms with Crippen LogP contribution in [0.2, 0.25) is 0 Å². The monoisotopic (exact) mass is 367 g/mol. The van der Waals surface area contributed by atoms with Crippen molar-refractivity contribution in [2.45, 2.75) is 0 Å². The molecule has 3 heterocycles. The number of nitrogen functional groups attached to an aromatic ring is 1. The van der Waals surface area contributed by atoms with E-state index >= 15 is 0 Å². The van der Waals surface area contributed by atoms with Crippen molar-refractivity contribution < 1.29 is 4.79 Å². The molecule has 2 aromatic heterocycles. The third-order valence-corrected chi connectivity index (χ3v) is 4.64. The number of nitrogens with zero attached hydrogens (tertiary/aromatic N) is 4. The number of nitrogens with two attached hydrogens (primary N) is 1. The molecule has 0 radical (unpaired) electrons. The highest BCUT2D eigenvalue weighted by atomic mass is 79.9. The normalized spacial score (nSPS) is 15.3. The van der Waals surface area contributed by atoms with Crippen LogP contribution in [0.25, 0.3) is 0 Å². The number of rotatable bonds is 2. The molecule has 6 nitrogen and oxygen atoms in total. The first-order chi connectivity index (χ1) is 10.1. The predicted molar refractivity (Wildman–Crippen MR) is 86.6 cm³/mol. The second kappa shape index (κ2) is 5.98. The zero-order valence-corrected chi connectivity index (χ0v) is 13.6. The van der Waals surface area contributed by atoms with E-state index in [4.69, 9.17) is 5.73 Å². The van der Waals surface area contributed by atoms with Crippen molar-refractivity contribution in [1.29, 1.82) is 0 Å². The van der Waals surface area contributed by atoms with Crippen LogP contribution in [0.1, 0.15) is 10.4 Å². The molecule has 0 bridgehead atoms. The van der Waals surface area contributed by atoms with Crippen LogP contribution in [0.15, 0.2) is 28.3 Å². The van der Waals surface area contributed by atoms with Crippen LogP contribution in [0, 0.1) is 0 Å². The minimum absolute atomic E-state index is 0.0694. The van der Waals surface area contributed by atoms with E-state index in [2.05, 4.69) is 30.8 Å². The highest BCUT2D eigenvalue weighted by Gasteiger charge is 2.24. The second-order valence-electron chi connectivity index (χ2n) is 4.68. The number of hydrogen-bond donors (Lipinski definition) is 1. The topological polar surface area (TPSA) is 75.3 Å². The van der Waals surface area contributed by atoms with Gasteiger partial charge in [0.15, 0.2) is 5.13 Å².